The first-order valence-corrected chi connectivity index (χ1v) is 5.77. The Morgan fingerprint density at radius 3 is 2.21 bits per heavy atom. The molecule has 0 saturated carbocycles. The highest BCUT2D eigenvalue weighted by Gasteiger charge is 2.20. The van der Waals surface area contributed by atoms with Crippen LogP contribution in [0.5, 0.6) is 0 Å². The summed E-state index contributed by atoms with van der Waals surface area (Å²) in [7, 11) is 1.91. The molecule has 0 aromatic rings. The minimum Gasteiger partial charge on any atom is -0.346 e. The topological polar surface area (TPSA) is 20.3 Å². The first-order chi connectivity index (χ1) is 6.52. The molecule has 0 aliphatic rings. The zero-order chi connectivity index (χ0) is 11.1. The Labute approximate surface area is 88.7 Å². The molecule has 2 nitrogen and oxygen atoms in total. The Morgan fingerprint density at radius 2 is 1.86 bits per heavy atom. The third-order valence-corrected chi connectivity index (χ3v) is 2.53. The van der Waals surface area contributed by atoms with Crippen LogP contribution < -0.4 is 0 Å². The SMILES string of the molecule is CCCN(C)C(=O)C(CC)CC(C)C. The number of hydrogen-bond donors (Lipinski definition) is 0. The molecule has 0 N–H and O–H groups in total. The molecule has 2 heteroatoms. The largest absolute Gasteiger partial charge is 0.346 e. The quantitative estimate of drug-likeness (QED) is 0.644. The van der Waals surface area contributed by atoms with E-state index in [1.165, 1.54) is 0 Å². The van der Waals surface area contributed by atoms with Gasteiger partial charge in [-0.15, -0.1) is 0 Å². The summed E-state index contributed by atoms with van der Waals surface area (Å²) in [4.78, 5) is 13.8. The van der Waals surface area contributed by atoms with Crippen molar-refractivity contribution >= 4 is 5.91 Å². The standard InChI is InChI=1S/C12H25NO/c1-6-8-13(5)12(14)11(7-2)9-10(3)4/h10-11H,6-9H2,1-5H3. The number of rotatable bonds is 6. The Bertz CT molecular complexity index is 166. The Hall–Kier alpha value is -0.530. The molecule has 14 heavy (non-hydrogen) atoms. The van der Waals surface area contributed by atoms with Crippen LogP contribution in [0.1, 0.15) is 47.0 Å². The maximum atomic E-state index is 11.9. The molecule has 0 rings (SSSR count). The average Bonchev–Trinajstić information content (AvgIpc) is 2.13. The van der Waals surface area contributed by atoms with Crippen molar-refractivity contribution in [3.8, 4) is 0 Å². The van der Waals surface area contributed by atoms with E-state index in [1.807, 2.05) is 11.9 Å². The number of carbonyl (C=O) groups excluding carboxylic acids is 1. The molecular weight excluding hydrogens is 174 g/mol. The minimum atomic E-state index is 0.228. The van der Waals surface area contributed by atoms with Gasteiger partial charge in [0.2, 0.25) is 5.91 Å². The van der Waals surface area contributed by atoms with Gasteiger partial charge in [-0.3, -0.25) is 4.79 Å². The van der Waals surface area contributed by atoms with E-state index in [4.69, 9.17) is 0 Å². The third-order valence-electron chi connectivity index (χ3n) is 2.53. The summed E-state index contributed by atoms with van der Waals surface area (Å²) in [5.41, 5.74) is 0. The summed E-state index contributed by atoms with van der Waals surface area (Å²) < 4.78 is 0. The van der Waals surface area contributed by atoms with Crippen LogP contribution in [-0.2, 0) is 4.79 Å². The van der Waals surface area contributed by atoms with E-state index < -0.39 is 0 Å². The van der Waals surface area contributed by atoms with E-state index in [0.29, 0.717) is 11.8 Å². The number of hydrogen-bond acceptors (Lipinski definition) is 1. The monoisotopic (exact) mass is 199 g/mol. The molecule has 84 valence electrons. The molecule has 1 atom stereocenters. The van der Waals surface area contributed by atoms with Gasteiger partial charge in [0.15, 0.2) is 0 Å². The summed E-state index contributed by atoms with van der Waals surface area (Å²) in [5, 5.41) is 0. The van der Waals surface area contributed by atoms with Crippen LogP contribution in [0.25, 0.3) is 0 Å². The van der Waals surface area contributed by atoms with Gasteiger partial charge in [-0.05, 0) is 25.2 Å². The third kappa shape index (κ3) is 4.64. The highest BCUT2D eigenvalue weighted by molar-refractivity contribution is 5.78. The summed E-state index contributed by atoms with van der Waals surface area (Å²) in [6.07, 6.45) is 3.02. The summed E-state index contributed by atoms with van der Waals surface area (Å²) in [6.45, 7) is 9.44. The van der Waals surface area contributed by atoms with Gasteiger partial charge in [-0.2, -0.15) is 0 Å². The highest BCUT2D eigenvalue weighted by atomic mass is 16.2. The molecule has 0 saturated heterocycles. The van der Waals surface area contributed by atoms with Crippen LogP contribution in [0, 0.1) is 11.8 Å². The molecule has 1 unspecified atom stereocenters. The van der Waals surface area contributed by atoms with Crippen LogP contribution in [0.2, 0.25) is 0 Å². The van der Waals surface area contributed by atoms with Gasteiger partial charge in [0.05, 0.1) is 0 Å². The van der Waals surface area contributed by atoms with Gasteiger partial charge in [0.1, 0.15) is 0 Å². The second-order valence-electron chi connectivity index (χ2n) is 4.49. The second kappa shape index (κ2) is 6.86. The Kier molecular flexibility index (Phi) is 6.60. The molecule has 0 heterocycles. The molecule has 1 amide bonds. The maximum absolute atomic E-state index is 11.9. The molecule has 0 fully saturated rings. The number of amides is 1. The fourth-order valence-electron chi connectivity index (χ4n) is 1.77. The predicted molar refractivity (Wildman–Crippen MR) is 61.2 cm³/mol. The molecule has 0 radical (unpaired) electrons. The van der Waals surface area contributed by atoms with Crippen LogP contribution in [-0.4, -0.2) is 24.4 Å². The first kappa shape index (κ1) is 13.5. The van der Waals surface area contributed by atoms with Crippen LogP contribution in [0.3, 0.4) is 0 Å². The molecule has 0 spiro atoms. The summed E-state index contributed by atoms with van der Waals surface area (Å²) in [6, 6.07) is 0. The zero-order valence-electron chi connectivity index (χ0n) is 10.3. The van der Waals surface area contributed by atoms with Crippen molar-refractivity contribution in [1.29, 1.82) is 0 Å². The lowest BCUT2D eigenvalue weighted by Crippen LogP contribution is -2.33. The summed E-state index contributed by atoms with van der Waals surface area (Å²) >= 11 is 0. The lowest BCUT2D eigenvalue weighted by molar-refractivity contribution is -0.134. The van der Waals surface area contributed by atoms with Crippen LogP contribution in [0.4, 0.5) is 0 Å². The molecule has 0 aliphatic heterocycles. The van der Waals surface area contributed by atoms with E-state index in [-0.39, 0.29) is 5.92 Å². The van der Waals surface area contributed by atoms with Crippen LogP contribution >= 0.6 is 0 Å². The van der Waals surface area contributed by atoms with Gasteiger partial charge in [0, 0.05) is 19.5 Å². The minimum absolute atomic E-state index is 0.228. The van der Waals surface area contributed by atoms with Gasteiger partial charge in [-0.25, -0.2) is 0 Å². The predicted octanol–water partition coefficient (Wildman–Crippen LogP) is 2.93. The lowest BCUT2D eigenvalue weighted by atomic mass is 9.93. The van der Waals surface area contributed by atoms with E-state index in [9.17, 15) is 4.79 Å². The average molecular weight is 199 g/mol. The summed E-state index contributed by atoms with van der Waals surface area (Å²) in [5.74, 6) is 1.16. The maximum Gasteiger partial charge on any atom is 0.225 e. The normalized spacial score (nSPS) is 13.0. The van der Waals surface area contributed by atoms with Crippen molar-refractivity contribution in [2.75, 3.05) is 13.6 Å². The lowest BCUT2D eigenvalue weighted by Gasteiger charge is -2.23. The van der Waals surface area contributed by atoms with Crippen molar-refractivity contribution in [2.24, 2.45) is 11.8 Å². The van der Waals surface area contributed by atoms with Crippen molar-refractivity contribution in [3.63, 3.8) is 0 Å². The molecule has 0 aromatic carbocycles. The zero-order valence-corrected chi connectivity index (χ0v) is 10.3. The van der Waals surface area contributed by atoms with E-state index in [0.717, 1.165) is 25.8 Å². The molecular formula is C12H25NO. The number of nitrogens with zero attached hydrogens (tertiary/aromatic N) is 1. The molecule has 0 aliphatic carbocycles. The van der Waals surface area contributed by atoms with Gasteiger partial charge < -0.3 is 4.90 Å². The van der Waals surface area contributed by atoms with Crippen LogP contribution in [0.15, 0.2) is 0 Å². The van der Waals surface area contributed by atoms with Crippen molar-refractivity contribution < 1.29 is 4.79 Å². The smallest absolute Gasteiger partial charge is 0.225 e. The molecule has 0 aromatic heterocycles. The van der Waals surface area contributed by atoms with Crippen molar-refractivity contribution in [3.05, 3.63) is 0 Å². The Morgan fingerprint density at radius 1 is 1.29 bits per heavy atom. The fourth-order valence-corrected chi connectivity index (χ4v) is 1.77. The molecule has 0 bridgehead atoms. The highest BCUT2D eigenvalue weighted by Crippen LogP contribution is 2.17. The second-order valence-corrected chi connectivity index (χ2v) is 4.49. The van der Waals surface area contributed by atoms with E-state index >= 15 is 0 Å². The van der Waals surface area contributed by atoms with E-state index in [1.54, 1.807) is 0 Å². The van der Waals surface area contributed by atoms with E-state index in [2.05, 4.69) is 27.7 Å². The first-order valence-electron chi connectivity index (χ1n) is 5.77. The van der Waals surface area contributed by atoms with Crippen molar-refractivity contribution in [2.45, 2.75) is 47.0 Å². The van der Waals surface area contributed by atoms with Crippen molar-refractivity contribution in [1.82, 2.24) is 4.90 Å². The fraction of sp³-hybridized carbons (Fsp3) is 0.917. The van der Waals surface area contributed by atoms with Gasteiger partial charge in [0.25, 0.3) is 0 Å². The van der Waals surface area contributed by atoms with Gasteiger partial charge >= 0.3 is 0 Å². The van der Waals surface area contributed by atoms with Gasteiger partial charge in [-0.1, -0.05) is 27.7 Å². The Balaban J connectivity index is 4.15. The number of carbonyl (C=O) groups is 1.